The SMILES string of the molecule is O=C(NC12CC(c3nnc([C@H]4C[C@@H](OC(F)(F)F)C4)o3)(C1)C2)c1ccnn1C1CC(OC(F)(F)F)C1. The lowest BCUT2D eigenvalue weighted by molar-refractivity contribution is -0.354. The Balaban J connectivity index is 1.01. The third-order valence-corrected chi connectivity index (χ3v) is 7.67. The second-order valence-electron chi connectivity index (χ2n) is 10.3. The van der Waals surface area contributed by atoms with Gasteiger partial charge in [0, 0.05) is 17.7 Å². The summed E-state index contributed by atoms with van der Waals surface area (Å²) < 4.78 is 89.2. The minimum absolute atomic E-state index is 0.110. The number of ether oxygens (including phenoxy) is 2. The molecule has 2 aromatic rings. The Morgan fingerprint density at radius 2 is 1.61 bits per heavy atom. The molecule has 1 amide bonds. The molecule has 196 valence electrons. The number of carbonyl (C=O) groups is 1. The third-order valence-electron chi connectivity index (χ3n) is 7.67. The van der Waals surface area contributed by atoms with Gasteiger partial charge in [0.15, 0.2) is 0 Å². The summed E-state index contributed by atoms with van der Waals surface area (Å²) in [6.45, 7) is 0. The summed E-state index contributed by atoms with van der Waals surface area (Å²) in [6, 6.07) is 1.17. The second-order valence-corrected chi connectivity index (χ2v) is 10.3. The highest BCUT2D eigenvalue weighted by Crippen LogP contribution is 2.67. The average Bonchev–Trinajstić information content (AvgIpc) is 3.30. The van der Waals surface area contributed by atoms with Gasteiger partial charge in [-0.25, -0.2) is 0 Å². The van der Waals surface area contributed by atoms with E-state index in [1.807, 2.05) is 0 Å². The van der Waals surface area contributed by atoms with E-state index in [4.69, 9.17) is 4.42 Å². The molecule has 0 unspecified atom stereocenters. The highest BCUT2D eigenvalue weighted by Gasteiger charge is 2.72. The Hall–Kier alpha value is -2.68. The molecule has 2 heterocycles. The zero-order valence-electron chi connectivity index (χ0n) is 18.6. The summed E-state index contributed by atoms with van der Waals surface area (Å²) >= 11 is 0. The van der Waals surface area contributed by atoms with E-state index in [0.29, 0.717) is 31.0 Å². The van der Waals surface area contributed by atoms with Gasteiger partial charge in [0.1, 0.15) is 5.69 Å². The molecule has 7 rings (SSSR count). The number of hydrogen-bond donors (Lipinski definition) is 1. The first-order chi connectivity index (χ1) is 16.8. The fourth-order valence-corrected chi connectivity index (χ4v) is 5.93. The van der Waals surface area contributed by atoms with Crippen LogP contribution in [-0.4, -0.2) is 56.4 Å². The van der Waals surface area contributed by atoms with E-state index in [2.05, 4.69) is 30.1 Å². The lowest BCUT2D eigenvalue weighted by atomic mass is 9.39. The van der Waals surface area contributed by atoms with Crippen LogP contribution in [-0.2, 0) is 14.9 Å². The van der Waals surface area contributed by atoms with E-state index in [0.717, 1.165) is 0 Å². The molecule has 0 spiro atoms. The number of carbonyl (C=O) groups excluding carboxylic acids is 1. The summed E-state index contributed by atoms with van der Waals surface area (Å²) in [5.74, 6) is 0.0842. The van der Waals surface area contributed by atoms with Crippen molar-refractivity contribution in [2.75, 3.05) is 0 Å². The molecule has 5 fully saturated rings. The maximum atomic E-state index is 12.9. The van der Waals surface area contributed by atoms with E-state index in [1.54, 1.807) is 0 Å². The Labute approximate surface area is 199 Å². The summed E-state index contributed by atoms with van der Waals surface area (Å²) in [5.41, 5.74) is -0.532. The van der Waals surface area contributed by atoms with Crippen molar-refractivity contribution in [3.63, 3.8) is 0 Å². The quantitative estimate of drug-likeness (QED) is 0.552. The van der Waals surface area contributed by atoms with Crippen molar-refractivity contribution in [1.82, 2.24) is 25.3 Å². The number of amides is 1. The number of nitrogens with zero attached hydrogens (tertiary/aromatic N) is 4. The zero-order chi connectivity index (χ0) is 25.5. The number of nitrogens with one attached hydrogen (secondary N) is 1. The van der Waals surface area contributed by atoms with Crippen LogP contribution >= 0.6 is 0 Å². The third kappa shape index (κ3) is 4.15. The average molecular weight is 521 g/mol. The molecule has 0 radical (unpaired) electrons. The van der Waals surface area contributed by atoms with Crippen molar-refractivity contribution >= 4 is 5.91 Å². The van der Waals surface area contributed by atoms with Gasteiger partial charge in [-0.15, -0.1) is 36.5 Å². The van der Waals surface area contributed by atoms with Crippen molar-refractivity contribution in [3.05, 3.63) is 29.7 Å². The molecule has 0 aromatic carbocycles. The molecule has 36 heavy (non-hydrogen) atoms. The highest BCUT2D eigenvalue weighted by molar-refractivity contribution is 5.93. The van der Waals surface area contributed by atoms with Crippen LogP contribution in [0.5, 0.6) is 0 Å². The predicted octanol–water partition coefficient (Wildman–Crippen LogP) is 3.89. The van der Waals surface area contributed by atoms with Gasteiger partial charge in [0.25, 0.3) is 5.91 Å². The van der Waals surface area contributed by atoms with Gasteiger partial charge in [-0.05, 0) is 51.0 Å². The zero-order valence-corrected chi connectivity index (χ0v) is 18.6. The highest BCUT2D eigenvalue weighted by atomic mass is 19.4. The molecular formula is C21H21F6N5O4. The predicted molar refractivity (Wildman–Crippen MR) is 104 cm³/mol. The number of hydrogen-bond acceptors (Lipinski definition) is 7. The van der Waals surface area contributed by atoms with Crippen LogP contribution in [0.2, 0.25) is 0 Å². The van der Waals surface area contributed by atoms with E-state index < -0.39 is 30.5 Å². The molecule has 5 aliphatic carbocycles. The summed E-state index contributed by atoms with van der Waals surface area (Å²) in [5, 5.41) is 15.2. The van der Waals surface area contributed by atoms with Crippen LogP contribution in [0.1, 0.15) is 79.2 Å². The number of halogens is 6. The van der Waals surface area contributed by atoms with Crippen molar-refractivity contribution in [3.8, 4) is 0 Å². The molecule has 5 aliphatic rings. The van der Waals surface area contributed by atoms with Gasteiger partial charge in [0.2, 0.25) is 11.8 Å². The minimum Gasteiger partial charge on any atom is -0.424 e. The molecule has 5 saturated carbocycles. The van der Waals surface area contributed by atoms with Crippen LogP contribution in [0, 0.1) is 0 Å². The van der Waals surface area contributed by atoms with E-state index in [-0.39, 0.29) is 54.7 Å². The van der Waals surface area contributed by atoms with Crippen molar-refractivity contribution in [2.45, 2.75) is 92.8 Å². The van der Waals surface area contributed by atoms with Gasteiger partial charge >= 0.3 is 12.7 Å². The Kier molecular flexibility index (Phi) is 5.05. The molecule has 0 aliphatic heterocycles. The standard InChI is InChI=1S/C21H21F6N5O4/c22-20(23,24)35-12-3-10(4-12)16-30-31-17(34-16)18-7-19(8-18,9-18)29-15(33)14-1-2-28-32(14)11-5-13(6-11)36-21(25,26)27/h1-2,10-13H,3-9H2,(H,29,33)/t10-,11?,12+,13?,18?,19?. The fraction of sp³-hybridized carbons (Fsp3) is 0.714. The maximum absolute atomic E-state index is 12.9. The monoisotopic (exact) mass is 521 g/mol. The van der Waals surface area contributed by atoms with Gasteiger partial charge in [-0.3, -0.25) is 19.0 Å². The second kappa shape index (κ2) is 7.66. The summed E-state index contributed by atoms with van der Waals surface area (Å²) in [7, 11) is 0. The van der Waals surface area contributed by atoms with Crippen molar-refractivity contribution < 1.29 is 45.0 Å². The Morgan fingerprint density at radius 3 is 2.22 bits per heavy atom. The van der Waals surface area contributed by atoms with E-state index in [1.165, 1.54) is 16.9 Å². The molecule has 15 heteroatoms. The first-order valence-electron chi connectivity index (χ1n) is 11.5. The molecule has 2 bridgehead atoms. The van der Waals surface area contributed by atoms with Crippen LogP contribution < -0.4 is 5.32 Å². The van der Waals surface area contributed by atoms with Gasteiger partial charge in [-0.1, -0.05) is 0 Å². The number of aromatic nitrogens is 4. The minimum atomic E-state index is -4.69. The fourth-order valence-electron chi connectivity index (χ4n) is 5.93. The molecule has 2 aromatic heterocycles. The number of alkyl halides is 6. The van der Waals surface area contributed by atoms with Crippen molar-refractivity contribution in [1.29, 1.82) is 0 Å². The number of rotatable bonds is 7. The van der Waals surface area contributed by atoms with Crippen LogP contribution in [0.4, 0.5) is 26.3 Å². The summed E-state index contributed by atoms with van der Waals surface area (Å²) in [4.78, 5) is 12.9. The normalized spacial score (nSPS) is 35.3. The van der Waals surface area contributed by atoms with Gasteiger partial charge in [-0.2, -0.15) is 5.10 Å². The van der Waals surface area contributed by atoms with Gasteiger partial charge < -0.3 is 9.73 Å². The van der Waals surface area contributed by atoms with Gasteiger partial charge in [0.05, 0.1) is 23.7 Å². The topological polar surface area (TPSA) is 104 Å². The molecule has 1 N–H and O–H groups in total. The van der Waals surface area contributed by atoms with Crippen LogP contribution in [0.25, 0.3) is 0 Å². The first kappa shape index (κ1) is 23.7. The Bertz CT molecular complexity index is 1140. The molecule has 0 atom stereocenters. The first-order valence-corrected chi connectivity index (χ1v) is 11.5. The van der Waals surface area contributed by atoms with Crippen LogP contribution in [0.3, 0.4) is 0 Å². The van der Waals surface area contributed by atoms with E-state index in [9.17, 15) is 31.1 Å². The maximum Gasteiger partial charge on any atom is 0.522 e. The van der Waals surface area contributed by atoms with Crippen LogP contribution in [0.15, 0.2) is 16.7 Å². The lowest BCUT2D eigenvalue weighted by Gasteiger charge is -2.68. The smallest absolute Gasteiger partial charge is 0.424 e. The van der Waals surface area contributed by atoms with E-state index >= 15 is 0 Å². The Morgan fingerprint density at radius 1 is 1.00 bits per heavy atom. The summed E-state index contributed by atoms with van der Waals surface area (Å²) in [6.07, 6.45) is -7.51. The molecule has 9 nitrogen and oxygen atoms in total. The molecule has 0 saturated heterocycles. The lowest BCUT2D eigenvalue weighted by Crippen LogP contribution is -2.76. The largest absolute Gasteiger partial charge is 0.522 e. The molecular weight excluding hydrogens is 500 g/mol. The van der Waals surface area contributed by atoms with Crippen molar-refractivity contribution in [2.24, 2.45) is 0 Å².